The number of aromatic nitrogens is 6. The fourth-order valence-electron chi connectivity index (χ4n) is 18.8. The smallest absolute Gasteiger partial charge is 1.00 e. The van der Waals surface area contributed by atoms with Crippen LogP contribution < -0.4 is 17.0 Å². The van der Waals surface area contributed by atoms with Crippen molar-refractivity contribution in [3.8, 4) is 34.2 Å². The van der Waals surface area contributed by atoms with Gasteiger partial charge in [-0.1, -0.05) is 144 Å². The number of ketones is 1. The fourth-order valence-corrected chi connectivity index (χ4v) is 19.2. The van der Waals surface area contributed by atoms with Crippen LogP contribution in [0, 0.1) is 25.2 Å². The van der Waals surface area contributed by atoms with E-state index >= 15 is 0 Å². The Morgan fingerprint density at radius 3 is 1.11 bits per heavy atom. The molecule has 1 aliphatic carbocycles. The number of benzene rings is 6. The summed E-state index contributed by atoms with van der Waals surface area (Å²) >= 11 is 18.7. The second-order valence-electron chi connectivity index (χ2n) is 31.8. The van der Waals surface area contributed by atoms with Crippen LogP contribution in [0.25, 0.3) is 34.2 Å². The van der Waals surface area contributed by atoms with Gasteiger partial charge in [0.1, 0.15) is 23.3 Å². The maximum Gasteiger partial charge on any atom is 2.00 e. The third-order valence-corrected chi connectivity index (χ3v) is 25.8. The van der Waals surface area contributed by atoms with Crippen LogP contribution in [0.2, 0.25) is 15.1 Å². The summed E-state index contributed by atoms with van der Waals surface area (Å²) in [4.78, 5) is 73.5. The molecule has 602 valence electrons. The molecule has 4 unspecified atom stereocenters. The minimum absolute atomic E-state index is 0. The Kier molecular flexibility index (Phi) is 29.3. The van der Waals surface area contributed by atoms with E-state index in [1.807, 2.05) is 149 Å². The number of fused-ring (bicyclic) bond motifs is 9. The number of halogens is 9. The SMILES string of the molecule is CC(=O)C1CCN(C(=O)CCC2(c3ccc(Cl)cc3)c3ccccc3-c3nccn32)CC1.CC(C)(O)C1CCN(C(=O)CCC2(c3ccc(Cl)cc3)c3ccccc3-c3nccn32)CC1.CC(C1CCN(C(=O)CCC2(c3ccc(Cl)cc3)c3ccccc3-c3nccn32)CC1)N1CCC(F)(F)C1.Cl.FC1(F)CCCC1.[Br-].[CH3-].[Mg+2]. The number of likely N-dealkylation sites (tertiary alicyclic amines) is 4. The average molecular weight is 1710 g/mol. The third kappa shape index (κ3) is 18.2. The second kappa shape index (κ2) is 37.4. The molecule has 15 nitrogen and oxygen atoms in total. The van der Waals surface area contributed by atoms with Crippen molar-refractivity contribution in [1.82, 2.24) is 48.3 Å². The second-order valence-corrected chi connectivity index (χ2v) is 33.1. The number of nitrogens with zero attached hydrogens (tertiary/aromatic N) is 10. The van der Waals surface area contributed by atoms with Gasteiger partial charge in [-0.25, -0.2) is 32.5 Å². The molecular weight excluding hydrogens is 1610 g/mol. The van der Waals surface area contributed by atoms with Gasteiger partial charge in [0.25, 0.3) is 5.92 Å². The summed E-state index contributed by atoms with van der Waals surface area (Å²) in [5.41, 5.74) is 7.78. The van der Waals surface area contributed by atoms with Crippen molar-refractivity contribution in [2.24, 2.45) is 17.8 Å². The van der Waals surface area contributed by atoms with Gasteiger partial charge >= 0.3 is 23.1 Å². The summed E-state index contributed by atoms with van der Waals surface area (Å²) in [6, 6.07) is 48.8. The van der Waals surface area contributed by atoms with Gasteiger partial charge in [0.15, 0.2) is 0 Å². The average Bonchev–Trinajstić information content (AvgIpc) is 1.57. The van der Waals surface area contributed by atoms with E-state index in [4.69, 9.17) is 34.8 Å². The minimum atomic E-state index is -2.57. The molecule has 4 saturated heterocycles. The number of imidazole rings is 3. The molecule has 114 heavy (non-hydrogen) atoms. The molecule has 6 aromatic carbocycles. The first-order valence-corrected chi connectivity index (χ1v) is 40.2. The molecule has 10 heterocycles. The molecule has 1 saturated carbocycles. The van der Waals surface area contributed by atoms with E-state index in [9.17, 15) is 41.8 Å². The minimum Gasteiger partial charge on any atom is -1.00 e. The van der Waals surface area contributed by atoms with E-state index < -0.39 is 34.1 Å². The summed E-state index contributed by atoms with van der Waals surface area (Å²) in [5.74, 6) is -0.768. The van der Waals surface area contributed by atoms with Crippen LogP contribution in [-0.4, -0.2) is 176 Å². The van der Waals surface area contributed by atoms with Gasteiger partial charge in [-0.3, -0.25) is 24.1 Å². The fraction of sp³-hybridized carbons (Fsp3) is 0.438. The Hall–Kier alpha value is -6.92. The van der Waals surface area contributed by atoms with Crippen LogP contribution in [0.3, 0.4) is 0 Å². The van der Waals surface area contributed by atoms with Gasteiger partial charge in [-0.2, -0.15) is 0 Å². The van der Waals surface area contributed by atoms with Crippen molar-refractivity contribution in [2.45, 2.75) is 177 Å². The van der Waals surface area contributed by atoms with Crippen LogP contribution in [0.5, 0.6) is 0 Å². The first-order valence-electron chi connectivity index (χ1n) is 39.1. The maximum atomic E-state index is 13.7. The molecule has 3 amide bonds. The zero-order valence-corrected chi connectivity index (χ0v) is 71.6. The van der Waals surface area contributed by atoms with E-state index in [2.05, 4.69) is 102 Å². The summed E-state index contributed by atoms with van der Waals surface area (Å²) < 4.78 is 58.0. The van der Waals surface area contributed by atoms with Crippen molar-refractivity contribution in [3.63, 3.8) is 0 Å². The molecule has 17 rings (SSSR count). The number of amides is 3. The summed E-state index contributed by atoms with van der Waals surface area (Å²) in [5, 5.41) is 12.4. The Morgan fingerprint density at radius 1 is 0.491 bits per heavy atom. The largest absolute Gasteiger partial charge is 2.00 e. The van der Waals surface area contributed by atoms with E-state index in [0.29, 0.717) is 118 Å². The van der Waals surface area contributed by atoms with Crippen molar-refractivity contribution in [1.29, 1.82) is 0 Å². The van der Waals surface area contributed by atoms with E-state index in [1.54, 1.807) is 6.92 Å². The van der Waals surface area contributed by atoms with Crippen molar-refractivity contribution in [3.05, 3.63) is 239 Å². The monoisotopic (exact) mass is 1710 g/mol. The predicted octanol–water partition coefficient (Wildman–Crippen LogP) is 15.8. The van der Waals surface area contributed by atoms with Gasteiger partial charge in [-0.05, 0) is 180 Å². The quantitative estimate of drug-likeness (QED) is 0.0565. The van der Waals surface area contributed by atoms with Crippen molar-refractivity contribution in [2.75, 3.05) is 52.4 Å². The Morgan fingerprint density at radius 2 is 0.816 bits per heavy atom. The van der Waals surface area contributed by atoms with Crippen LogP contribution in [0.1, 0.15) is 170 Å². The number of piperidine rings is 3. The first-order chi connectivity index (χ1) is 52.8. The molecule has 0 radical (unpaired) electrons. The number of hydrogen-bond acceptors (Lipinski definition) is 9. The summed E-state index contributed by atoms with van der Waals surface area (Å²) in [6.45, 7) is 11.8. The number of Topliss-reactive ketones (excluding diaryl/α,β-unsaturated/α-hetero) is 1. The Labute approximate surface area is 715 Å². The van der Waals surface area contributed by atoms with E-state index in [-0.39, 0.29) is 127 Å². The Bertz CT molecular complexity index is 4760. The summed E-state index contributed by atoms with van der Waals surface area (Å²) in [6.07, 6.45) is 21.1. The van der Waals surface area contributed by atoms with Crippen LogP contribution in [-0.2, 0) is 35.8 Å². The standard InChI is InChI=1S/C30H33ClF2N4O.C27H30ClN3O2.C26H26ClN3O2.C5H8F2.CH3.BrH.ClH.Mg/c1-21(36-18-14-29(32,33)20-36)22-11-16-35(17-12-22)27(38)10-13-30(23-6-8-24(31)9-7-23)26-5-3-2-4-25(26)28-34-15-19-37(28)30;1-26(2,33)19-12-16-30(17-13-19)24(32)11-14-27(20-7-9-21(28)10-8-20)23-6-4-3-5-22(23)25-29-15-18-31(25)27;1-18(31)19-11-15-29(16-12-19)24(32)10-13-26(20-6-8-21(27)9-7-20)23-5-3-2-4-22(23)25-28-14-17-30(25)26;6-5(7)3-1-2-4-5;;;;/h2-9,15,19,21-22H,10-14,16-18,20H2,1H3;3-10,15,18-19,33H,11-14,16-17H2,1-2H3;2-9,14,17,19H,10-13,15-16H2,1H3;1-4H2;1H3;2*1H;/q;;;;-1;;;+2/p-1. The molecule has 8 aliphatic rings. The van der Waals surface area contributed by atoms with Crippen LogP contribution >= 0.6 is 47.2 Å². The normalized spacial score (nSPS) is 21.3. The Balaban J connectivity index is 0.000000171. The number of aliphatic hydroxyl groups is 1. The first kappa shape index (κ1) is 89.4. The number of hydrogen-bond donors (Lipinski definition) is 1. The zero-order chi connectivity index (χ0) is 77.3. The molecule has 5 fully saturated rings. The van der Waals surface area contributed by atoms with Crippen molar-refractivity contribution >= 4 is 93.8 Å². The number of alkyl halides is 4. The maximum absolute atomic E-state index is 13.7. The number of carbonyl (C=O) groups excluding carboxylic acids is 4. The summed E-state index contributed by atoms with van der Waals surface area (Å²) in [7, 11) is 0. The number of rotatable bonds is 16. The van der Waals surface area contributed by atoms with Gasteiger partial charge < -0.3 is 57.9 Å². The van der Waals surface area contributed by atoms with E-state index in [1.165, 1.54) is 5.56 Å². The van der Waals surface area contributed by atoms with Crippen molar-refractivity contribution < 1.29 is 58.8 Å². The molecule has 0 bridgehead atoms. The molecule has 4 atom stereocenters. The van der Waals surface area contributed by atoms with Gasteiger partial charge in [0, 0.05) is 165 Å². The molecule has 25 heteroatoms. The molecule has 7 aliphatic heterocycles. The zero-order valence-electron chi connectivity index (χ0n) is 65.5. The third-order valence-electron chi connectivity index (χ3n) is 25.0. The predicted molar refractivity (Wildman–Crippen MR) is 442 cm³/mol. The van der Waals surface area contributed by atoms with Gasteiger partial charge in [0.2, 0.25) is 23.6 Å². The topological polar surface area (TPSA) is 155 Å². The molecule has 1 N–H and O–H groups in total. The van der Waals surface area contributed by atoms with Gasteiger partial charge in [-0.15, -0.1) is 12.4 Å². The molecule has 3 aromatic heterocycles. The molecule has 0 spiro atoms. The van der Waals surface area contributed by atoms with E-state index in [0.717, 1.165) is 101 Å². The van der Waals surface area contributed by atoms with Crippen LogP contribution in [0.15, 0.2) is 183 Å². The molecular formula is C89H101BrCl4F4MgN10O5. The number of carbonyl (C=O) groups is 4. The van der Waals surface area contributed by atoms with Crippen LogP contribution in [0.4, 0.5) is 17.6 Å². The molecule has 9 aromatic rings. The van der Waals surface area contributed by atoms with Gasteiger partial charge in [0.05, 0.1) is 28.8 Å².